The van der Waals surface area contributed by atoms with Crippen molar-refractivity contribution >= 4 is 0 Å². The molecule has 2 N–H and O–H groups in total. The van der Waals surface area contributed by atoms with Gasteiger partial charge in [0, 0.05) is 39.3 Å². The van der Waals surface area contributed by atoms with Crippen LogP contribution in [-0.2, 0) is 4.74 Å². The molecule has 4 heteroatoms. The average Bonchev–Trinajstić information content (AvgIpc) is 2.20. The lowest BCUT2D eigenvalue weighted by molar-refractivity contribution is 0.0813. The molecular weight excluding hydrogens is 202 g/mol. The topological polar surface area (TPSA) is 41.7 Å². The van der Waals surface area contributed by atoms with Crippen LogP contribution in [0.5, 0.6) is 0 Å². The average molecular weight is 231 g/mol. The van der Waals surface area contributed by atoms with E-state index in [1.54, 1.807) is 7.11 Å². The molecule has 0 aromatic carbocycles. The summed E-state index contributed by atoms with van der Waals surface area (Å²) in [5.41, 5.74) is 5.81. The lowest BCUT2D eigenvalue weighted by Crippen LogP contribution is -2.47. The van der Waals surface area contributed by atoms with Gasteiger partial charge < -0.3 is 15.4 Å². The van der Waals surface area contributed by atoms with Crippen LogP contribution in [0.15, 0.2) is 0 Å². The third kappa shape index (κ3) is 7.17. The first-order valence-corrected chi connectivity index (χ1v) is 6.09. The number of rotatable bonds is 9. The molecule has 0 radical (unpaired) electrons. The molecule has 16 heavy (non-hydrogen) atoms. The van der Waals surface area contributed by atoms with Gasteiger partial charge in [-0.15, -0.1) is 0 Å². The molecule has 0 aromatic rings. The summed E-state index contributed by atoms with van der Waals surface area (Å²) in [4.78, 5) is 4.64. The lowest BCUT2D eigenvalue weighted by Gasteiger charge is -2.32. The van der Waals surface area contributed by atoms with E-state index in [1.807, 2.05) is 0 Å². The van der Waals surface area contributed by atoms with Crippen molar-refractivity contribution in [2.75, 3.05) is 54.0 Å². The largest absolute Gasteiger partial charge is 0.383 e. The second-order valence-electron chi connectivity index (χ2n) is 5.04. The molecule has 0 fully saturated rings. The van der Waals surface area contributed by atoms with E-state index >= 15 is 0 Å². The number of likely N-dealkylation sites (N-methyl/N-ethyl adjacent to an activating group) is 1. The fraction of sp³-hybridized carbons (Fsp3) is 1.00. The van der Waals surface area contributed by atoms with Gasteiger partial charge in [0.05, 0.1) is 6.61 Å². The standard InChI is InChI=1S/C12H29N3O/c1-11(2)9-15(7-6-14(3)4)12(8-13)10-16-5/h11-12H,6-10,13H2,1-5H3. The molecule has 0 amide bonds. The normalized spacial score (nSPS) is 14.1. The number of nitrogens with two attached hydrogens (primary N) is 1. The Kier molecular flexibility index (Phi) is 8.84. The van der Waals surface area contributed by atoms with Gasteiger partial charge >= 0.3 is 0 Å². The Morgan fingerprint density at radius 2 is 1.81 bits per heavy atom. The molecule has 4 nitrogen and oxygen atoms in total. The van der Waals surface area contributed by atoms with Gasteiger partial charge in [0.25, 0.3) is 0 Å². The minimum atomic E-state index is 0.340. The maximum absolute atomic E-state index is 5.81. The Hall–Kier alpha value is -0.160. The monoisotopic (exact) mass is 231 g/mol. The fourth-order valence-corrected chi connectivity index (χ4v) is 1.74. The predicted octanol–water partition coefficient (Wildman–Crippen LogP) is 0.480. The first-order chi connectivity index (χ1) is 7.51. The van der Waals surface area contributed by atoms with E-state index in [-0.39, 0.29) is 0 Å². The minimum Gasteiger partial charge on any atom is -0.383 e. The molecular formula is C12H29N3O. The number of hydrogen-bond acceptors (Lipinski definition) is 4. The number of methoxy groups -OCH3 is 1. The summed E-state index contributed by atoms with van der Waals surface area (Å²) in [5.74, 6) is 0.660. The maximum Gasteiger partial charge on any atom is 0.0630 e. The zero-order chi connectivity index (χ0) is 12.6. The zero-order valence-corrected chi connectivity index (χ0v) is 11.6. The van der Waals surface area contributed by atoms with Crippen LogP contribution < -0.4 is 5.73 Å². The molecule has 0 saturated carbocycles. The van der Waals surface area contributed by atoms with Crippen molar-refractivity contribution in [1.82, 2.24) is 9.80 Å². The Morgan fingerprint density at radius 3 is 2.19 bits per heavy atom. The second-order valence-corrected chi connectivity index (χ2v) is 5.04. The van der Waals surface area contributed by atoms with Crippen LogP contribution in [0.3, 0.4) is 0 Å². The van der Waals surface area contributed by atoms with Crippen LogP contribution in [0.2, 0.25) is 0 Å². The fourth-order valence-electron chi connectivity index (χ4n) is 1.74. The highest BCUT2D eigenvalue weighted by Gasteiger charge is 2.17. The Morgan fingerprint density at radius 1 is 1.19 bits per heavy atom. The highest BCUT2D eigenvalue weighted by molar-refractivity contribution is 4.74. The first-order valence-electron chi connectivity index (χ1n) is 6.09. The molecule has 0 aliphatic rings. The summed E-state index contributed by atoms with van der Waals surface area (Å²) in [5, 5.41) is 0. The van der Waals surface area contributed by atoms with Crippen molar-refractivity contribution in [2.24, 2.45) is 11.7 Å². The molecule has 0 saturated heterocycles. The van der Waals surface area contributed by atoms with Crippen LogP contribution in [0.25, 0.3) is 0 Å². The smallest absolute Gasteiger partial charge is 0.0630 e. The van der Waals surface area contributed by atoms with Crippen molar-refractivity contribution in [3.8, 4) is 0 Å². The van der Waals surface area contributed by atoms with Crippen LogP contribution in [0.4, 0.5) is 0 Å². The van der Waals surface area contributed by atoms with Crippen molar-refractivity contribution in [2.45, 2.75) is 19.9 Å². The van der Waals surface area contributed by atoms with Gasteiger partial charge in [0.15, 0.2) is 0 Å². The van der Waals surface area contributed by atoms with Gasteiger partial charge in [-0.05, 0) is 20.0 Å². The van der Waals surface area contributed by atoms with Crippen LogP contribution in [0.1, 0.15) is 13.8 Å². The first kappa shape index (κ1) is 15.8. The van der Waals surface area contributed by atoms with E-state index in [9.17, 15) is 0 Å². The van der Waals surface area contributed by atoms with Gasteiger partial charge in [-0.25, -0.2) is 0 Å². The van der Waals surface area contributed by atoms with E-state index in [1.165, 1.54) is 0 Å². The van der Waals surface area contributed by atoms with Crippen LogP contribution >= 0.6 is 0 Å². The summed E-state index contributed by atoms with van der Waals surface area (Å²) in [6.07, 6.45) is 0. The van der Waals surface area contributed by atoms with Crippen molar-refractivity contribution in [3.63, 3.8) is 0 Å². The molecule has 0 bridgehead atoms. The Bertz CT molecular complexity index is 162. The minimum absolute atomic E-state index is 0.340. The molecule has 0 rings (SSSR count). The van der Waals surface area contributed by atoms with Gasteiger partial charge in [-0.3, -0.25) is 4.90 Å². The molecule has 1 atom stereocenters. The zero-order valence-electron chi connectivity index (χ0n) is 11.6. The highest BCUT2D eigenvalue weighted by atomic mass is 16.5. The number of nitrogens with zero attached hydrogens (tertiary/aromatic N) is 2. The number of hydrogen-bond donors (Lipinski definition) is 1. The predicted molar refractivity (Wildman–Crippen MR) is 69.7 cm³/mol. The van der Waals surface area contributed by atoms with Crippen LogP contribution in [-0.4, -0.2) is 69.8 Å². The third-order valence-electron chi connectivity index (χ3n) is 2.58. The molecule has 0 heterocycles. The maximum atomic E-state index is 5.81. The van der Waals surface area contributed by atoms with Crippen molar-refractivity contribution < 1.29 is 4.74 Å². The molecule has 0 aliphatic heterocycles. The lowest BCUT2D eigenvalue weighted by atomic mass is 10.1. The summed E-state index contributed by atoms with van der Waals surface area (Å²) in [6, 6.07) is 0.340. The molecule has 0 aromatic heterocycles. The molecule has 0 spiro atoms. The highest BCUT2D eigenvalue weighted by Crippen LogP contribution is 2.04. The van der Waals surface area contributed by atoms with E-state index in [0.29, 0.717) is 18.5 Å². The summed E-state index contributed by atoms with van der Waals surface area (Å²) < 4.78 is 5.23. The Balaban J connectivity index is 4.25. The van der Waals surface area contributed by atoms with Gasteiger partial charge in [0.1, 0.15) is 0 Å². The summed E-state index contributed by atoms with van der Waals surface area (Å²) in [6.45, 7) is 9.05. The van der Waals surface area contributed by atoms with Crippen molar-refractivity contribution in [1.29, 1.82) is 0 Å². The van der Waals surface area contributed by atoms with E-state index in [4.69, 9.17) is 10.5 Å². The Labute approximate surface area is 101 Å². The molecule has 0 aliphatic carbocycles. The molecule has 98 valence electrons. The quantitative estimate of drug-likeness (QED) is 0.627. The van der Waals surface area contributed by atoms with Gasteiger partial charge in [-0.2, -0.15) is 0 Å². The van der Waals surface area contributed by atoms with E-state index < -0.39 is 0 Å². The van der Waals surface area contributed by atoms with E-state index in [0.717, 1.165) is 26.2 Å². The third-order valence-corrected chi connectivity index (χ3v) is 2.58. The summed E-state index contributed by atoms with van der Waals surface area (Å²) in [7, 11) is 5.94. The van der Waals surface area contributed by atoms with Crippen LogP contribution in [0, 0.1) is 5.92 Å². The van der Waals surface area contributed by atoms with Crippen molar-refractivity contribution in [3.05, 3.63) is 0 Å². The SMILES string of the molecule is COCC(CN)N(CCN(C)C)CC(C)C. The molecule has 1 unspecified atom stereocenters. The van der Waals surface area contributed by atoms with Gasteiger partial charge in [0.2, 0.25) is 0 Å². The second kappa shape index (κ2) is 8.93. The van der Waals surface area contributed by atoms with Gasteiger partial charge in [-0.1, -0.05) is 13.8 Å². The van der Waals surface area contributed by atoms with E-state index in [2.05, 4.69) is 37.7 Å². The summed E-state index contributed by atoms with van der Waals surface area (Å²) >= 11 is 0. The number of ether oxygens (including phenoxy) is 1.